The number of benzene rings is 1. The summed E-state index contributed by atoms with van der Waals surface area (Å²) < 4.78 is 5.11. The predicted molar refractivity (Wildman–Crippen MR) is 77.0 cm³/mol. The Kier molecular flexibility index (Phi) is 5.57. The first-order chi connectivity index (χ1) is 8.99. The number of hydrogen-bond donors (Lipinski definition) is 1. The Morgan fingerprint density at radius 3 is 2.68 bits per heavy atom. The molecule has 0 aliphatic heterocycles. The molecule has 106 valence electrons. The zero-order chi connectivity index (χ0) is 14.4. The molecule has 0 aromatic heterocycles. The molecule has 1 atom stereocenters. The molecule has 0 fully saturated rings. The van der Waals surface area contributed by atoms with Gasteiger partial charge in [0.2, 0.25) is 0 Å². The number of nitro benzene ring substituents is 1. The van der Waals surface area contributed by atoms with Gasteiger partial charge in [-0.2, -0.15) is 0 Å². The van der Waals surface area contributed by atoms with E-state index in [4.69, 9.17) is 4.74 Å². The number of likely N-dealkylation sites (N-methyl/N-ethyl adjacent to an activating group) is 1. The summed E-state index contributed by atoms with van der Waals surface area (Å²) in [6.45, 7) is 5.25. The Bertz CT molecular complexity index is 437. The Morgan fingerprint density at radius 2 is 2.16 bits per heavy atom. The van der Waals surface area contributed by atoms with E-state index in [1.807, 2.05) is 31.9 Å². The lowest BCUT2D eigenvalue weighted by Crippen LogP contribution is -2.32. The van der Waals surface area contributed by atoms with Crippen LogP contribution in [-0.4, -0.2) is 38.3 Å². The molecule has 0 amide bonds. The molecule has 1 rings (SSSR count). The first kappa shape index (κ1) is 15.2. The van der Waals surface area contributed by atoms with Gasteiger partial charge in [0.15, 0.2) is 0 Å². The number of non-ortho nitro benzene ring substituents is 1. The average molecular weight is 267 g/mol. The fraction of sp³-hybridized carbons (Fsp3) is 0.538. The highest BCUT2D eigenvalue weighted by Gasteiger charge is 2.15. The monoisotopic (exact) mass is 267 g/mol. The number of rotatable bonds is 7. The van der Waals surface area contributed by atoms with Gasteiger partial charge in [-0.15, -0.1) is 0 Å². The summed E-state index contributed by atoms with van der Waals surface area (Å²) in [4.78, 5) is 12.6. The van der Waals surface area contributed by atoms with E-state index in [2.05, 4.69) is 5.32 Å². The number of methoxy groups -OCH3 is 1. The highest BCUT2D eigenvalue weighted by atomic mass is 16.6. The maximum absolute atomic E-state index is 11.0. The van der Waals surface area contributed by atoms with E-state index in [1.54, 1.807) is 19.2 Å². The third kappa shape index (κ3) is 4.10. The van der Waals surface area contributed by atoms with Gasteiger partial charge >= 0.3 is 0 Å². The number of nitro groups is 1. The molecule has 1 unspecified atom stereocenters. The largest absolute Gasteiger partial charge is 0.385 e. The summed E-state index contributed by atoms with van der Waals surface area (Å²) in [6, 6.07) is 5.17. The van der Waals surface area contributed by atoms with Crippen LogP contribution in [0.1, 0.15) is 13.8 Å². The maximum Gasteiger partial charge on any atom is 0.273 e. The van der Waals surface area contributed by atoms with Crippen LogP contribution in [-0.2, 0) is 4.74 Å². The first-order valence-electron chi connectivity index (χ1n) is 6.24. The Morgan fingerprint density at radius 1 is 1.47 bits per heavy atom. The normalized spacial score (nSPS) is 12.0. The number of hydrogen-bond acceptors (Lipinski definition) is 5. The van der Waals surface area contributed by atoms with Crippen molar-refractivity contribution in [3.63, 3.8) is 0 Å². The Labute approximate surface area is 113 Å². The van der Waals surface area contributed by atoms with Gasteiger partial charge in [0.05, 0.1) is 11.5 Å². The molecule has 6 nitrogen and oxygen atoms in total. The van der Waals surface area contributed by atoms with E-state index in [0.29, 0.717) is 6.61 Å². The minimum absolute atomic E-state index is 0.0879. The second-order valence-corrected chi connectivity index (χ2v) is 4.44. The van der Waals surface area contributed by atoms with Crippen LogP contribution in [0.5, 0.6) is 0 Å². The van der Waals surface area contributed by atoms with Crippen LogP contribution in [0.25, 0.3) is 0 Å². The van der Waals surface area contributed by atoms with Crippen molar-refractivity contribution in [2.45, 2.75) is 19.9 Å². The van der Waals surface area contributed by atoms with Crippen molar-refractivity contribution in [1.29, 1.82) is 0 Å². The molecule has 0 heterocycles. The van der Waals surface area contributed by atoms with Gasteiger partial charge in [0.1, 0.15) is 0 Å². The van der Waals surface area contributed by atoms with Gasteiger partial charge in [-0.3, -0.25) is 10.1 Å². The molecule has 0 saturated heterocycles. The third-order valence-electron chi connectivity index (χ3n) is 2.97. The van der Waals surface area contributed by atoms with Crippen LogP contribution >= 0.6 is 0 Å². The van der Waals surface area contributed by atoms with Crippen molar-refractivity contribution in [2.75, 3.05) is 37.5 Å². The minimum Gasteiger partial charge on any atom is -0.385 e. The van der Waals surface area contributed by atoms with Gasteiger partial charge in [0.25, 0.3) is 5.69 Å². The third-order valence-corrected chi connectivity index (χ3v) is 2.97. The molecule has 0 saturated carbocycles. The van der Waals surface area contributed by atoms with E-state index < -0.39 is 0 Å². The lowest BCUT2D eigenvalue weighted by molar-refractivity contribution is -0.384. The van der Waals surface area contributed by atoms with Crippen LogP contribution in [0.2, 0.25) is 0 Å². The van der Waals surface area contributed by atoms with Crippen molar-refractivity contribution in [2.24, 2.45) is 0 Å². The van der Waals surface area contributed by atoms with Crippen molar-refractivity contribution in [3.8, 4) is 0 Å². The molecular formula is C13H21N3O3. The molecule has 0 bridgehead atoms. The average Bonchev–Trinajstić information content (AvgIpc) is 2.38. The van der Waals surface area contributed by atoms with Crippen molar-refractivity contribution in [3.05, 3.63) is 28.3 Å². The van der Waals surface area contributed by atoms with Gasteiger partial charge in [0, 0.05) is 50.3 Å². The predicted octanol–water partition coefficient (Wildman–Crippen LogP) is 2.50. The van der Waals surface area contributed by atoms with E-state index in [-0.39, 0.29) is 16.7 Å². The molecule has 0 aliphatic rings. The SMILES string of the molecule is CCNc1cc(N(C)C(C)COC)cc([N+](=O)[O-])c1. The van der Waals surface area contributed by atoms with Gasteiger partial charge in [-0.25, -0.2) is 0 Å². The number of nitrogens with zero attached hydrogens (tertiary/aromatic N) is 2. The zero-order valence-corrected chi connectivity index (χ0v) is 11.8. The van der Waals surface area contributed by atoms with Crippen LogP contribution in [0.3, 0.4) is 0 Å². The molecule has 0 aliphatic carbocycles. The molecule has 1 aromatic rings. The summed E-state index contributed by atoms with van der Waals surface area (Å²) in [7, 11) is 3.54. The fourth-order valence-electron chi connectivity index (χ4n) is 1.82. The molecule has 1 N–H and O–H groups in total. The second kappa shape index (κ2) is 6.94. The molecule has 1 aromatic carbocycles. The maximum atomic E-state index is 11.0. The van der Waals surface area contributed by atoms with Crippen molar-refractivity contribution in [1.82, 2.24) is 0 Å². The summed E-state index contributed by atoms with van der Waals surface area (Å²) in [5.74, 6) is 0. The molecular weight excluding hydrogens is 246 g/mol. The van der Waals surface area contributed by atoms with Gasteiger partial charge < -0.3 is 15.0 Å². The second-order valence-electron chi connectivity index (χ2n) is 4.44. The topological polar surface area (TPSA) is 67.6 Å². The Balaban J connectivity index is 3.07. The minimum atomic E-state index is -0.376. The quantitative estimate of drug-likeness (QED) is 0.607. The summed E-state index contributed by atoms with van der Waals surface area (Å²) in [6.07, 6.45) is 0. The highest BCUT2D eigenvalue weighted by molar-refractivity contribution is 5.64. The number of ether oxygens (including phenoxy) is 1. The van der Waals surface area contributed by atoms with Gasteiger partial charge in [-0.05, 0) is 19.9 Å². The first-order valence-corrected chi connectivity index (χ1v) is 6.24. The van der Waals surface area contributed by atoms with Crippen LogP contribution in [0.4, 0.5) is 17.1 Å². The summed E-state index contributed by atoms with van der Waals surface area (Å²) >= 11 is 0. The molecule has 19 heavy (non-hydrogen) atoms. The molecule has 6 heteroatoms. The highest BCUT2D eigenvalue weighted by Crippen LogP contribution is 2.27. The van der Waals surface area contributed by atoms with Gasteiger partial charge in [-0.1, -0.05) is 0 Å². The van der Waals surface area contributed by atoms with Crippen LogP contribution in [0.15, 0.2) is 18.2 Å². The standard InChI is InChI=1S/C13H21N3O3/c1-5-14-11-6-12(8-13(7-11)16(17)18)15(3)10(2)9-19-4/h6-8,10,14H,5,9H2,1-4H3. The molecule has 0 radical (unpaired) electrons. The lowest BCUT2D eigenvalue weighted by atomic mass is 10.2. The Hall–Kier alpha value is -1.82. The van der Waals surface area contributed by atoms with Crippen molar-refractivity contribution < 1.29 is 9.66 Å². The lowest BCUT2D eigenvalue weighted by Gasteiger charge is -2.26. The van der Waals surface area contributed by atoms with Crippen molar-refractivity contribution >= 4 is 17.1 Å². The number of nitrogens with one attached hydrogen (secondary N) is 1. The number of anilines is 2. The van der Waals surface area contributed by atoms with E-state index in [1.165, 1.54) is 0 Å². The van der Waals surface area contributed by atoms with Crippen LogP contribution < -0.4 is 10.2 Å². The smallest absolute Gasteiger partial charge is 0.273 e. The molecule has 0 spiro atoms. The fourth-order valence-corrected chi connectivity index (χ4v) is 1.82. The van der Waals surface area contributed by atoms with E-state index >= 15 is 0 Å². The summed E-state index contributed by atoms with van der Waals surface area (Å²) in [5.41, 5.74) is 1.64. The van der Waals surface area contributed by atoms with Crippen LogP contribution in [0, 0.1) is 10.1 Å². The van der Waals surface area contributed by atoms with E-state index in [0.717, 1.165) is 17.9 Å². The zero-order valence-electron chi connectivity index (χ0n) is 11.8. The summed E-state index contributed by atoms with van der Waals surface area (Å²) in [5, 5.41) is 14.1. The van der Waals surface area contributed by atoms with E-state index in [9.17, 15) is 10.1 Å².